The van der Waals surface area contributed by atoms with E-state index in [1.54, 1.807) is 6.92 Å². The van der Waals surface area contributed by atoms with Crippen molar-refractivity contribution in [1.82, 2.24) is 4.72 Å². The molecule has 0 aromatic heterocycles. The topological polar surface area (TPSA) is 98.5 Å². The minimum Gasteiger partial charge on any atom is -0.379 e. The summed E-state index contributed by atoms with van der Waals surface area (Å²) >= 11 is 0. The van der Waals surface area contributed by atoms with Crippen molar-refractivity contribution in [2.75, 3.05) is 13.2 Å². The molecule has 92 valence electrons. The van der Waals surface area contributed by atoms with Crippen LogP contribution in [0.2, 0.25) is 0 Å². The SMILES string of the molecule is CC1(C(=O)NS(=O)(=O)C2CC2)COCC1N. The predicted octanol–water partition coefficient (Wildman–Crippen LogP) is -1.04. The van der Waals surface area contributed by atoms with Gasteiger partial charge in [0.15, 0.2) is 0 Å². The monoisotopic (exact) mass is 248 g/mol. The quantitative estimate of drug-likeness (QED) is 0.664. The van der Waals surface area contributed by atoms with Crippen LogP contribution in [0.15, 0.2) is 0 Å². The average molecular weight is 248 g/mol. The van der Waals surface area contributed by atoms with Crippen LogP contribution in [0, 0.1) is 5.41 Å². The molecular weight excluding hydrogens is 232 g/mol. The van der Waals surface area contributed by atoms with E-state index in [1.807, 2.05) is 0 Å². The first-order valence-corrected chi connectivity index (χ1v) is 6.80. The Morgan fingerprint density at radius 2 is 2.12 bits per heavy atom. The van der Waals surface area contributed by atoms with Gasteiger partial charge in [0.1, 0.15) is 0 Å². The number of nitrogens with two attached hydrogens (primary N) is 1. The first kappa shape index (κ1) is 11.8. The van der Waals surface area contributed by atoms with E-state index in [4.69, 9.17) is 10.5 Å². The highest BCUT2D eigenvalue weighted by Gasteiger charge is 2.47. The average Bonchev–Trinajstić information content (AvgIpc) is 2.95. The summed E-state index contributed by atoms with van der Waals surface area (Å²) in [6.45, 7) is 2.08. The van der Waals surface area contributed by atoms with Gasteiger partial charge in [0.05, 0.1) is 23.9 Å². The summed E-state index contributed by atoms with van der Waals surface area (Å²) < 4.78 is 30.4. The molecule has 7 heteroatoms. The van der Waals surface area contributed by atoms with Crippen molar-refractivity contribution >= 4 is 15.9 Å². The summed E-state index contributed by atoms with van der Waals surface area (Å²) in [6, 6.07) is -0.457. The Morgan fingerprint density at radius 1 is 1.50 bits per heavy atom. The molecule has 1 aliphatic heterocycles. The van der Waals surface area contributed by atoms with Gasteiger partial charge in [-0.05, 0) is 19.8 Å². The van der Waals surface area contributed by atoms with Crippen LogP contribution < -0.4 is 10.5 Å². The molecule has 1 heterocycles. The standard InChI is InChI=1S/C9H16N2O4S/c1-9(5-15-4-7(9)10)8(12)11-16(13,14)6-2-3-6/h6-7H,2-5,10H2,1H3,(H,11,12). The zero-order chi connectivity index (χ0) is 12.0. The van der Waals surface area contributed by atoms with Gasteiger partial charge in [0.2, 0.25) is 15.9 Å². The minimum absolute atomic E-state index is 0.167. The third kappa shape index (κ3) is 1.94. The number of hydrogen-bond donors (Lipinski definition) is 2. The zero-order valence-corrected chi connectivity index (χ0v) is 9.92. The molecule has 0 spiro atoms. The van der Waals surface area contributed by atoms with Crippen molar-refractivity contribution in [3.05, 3.63) is 0 Å². The van der Waals surface area contributed by atoms with E-state index in [1.165, 1.54) is 0 Å². The molecule has 0 bridgehead atoms. The molecule has 1 amide bonds. The van der Waals surface area contributed by atoms with Crippen LogP contribution in [0.4, 0.5) is 0 Å². The molecule has 1 saturated heterocycles. The van der Waals surface area contributed by atoms with E-state index >= 15 is 0 Å². The fourth-order valence-electron chi connectivity index (χ4n) is 1.63. The molecule has 2 atom stereocenters. The summed E-state index contributed by atoms with van der Waals surface area (Å²) in [7, 11) is -3.50. The Balaban J connectivity index is 2.08. The summed E-state index contributed by atoms with van der Waals surface area (Å²) in [4.78, 5) is 11.9. The molecule has 6 nitrogen and oxygen atoms in total. The van der Waals surface area contributed by atoms with Crippen molar-refractivity contribution in [3.63, 3.8) is 0 Å². The van der Waals surface area contributed by atoms with E-state index in [9.17, 15) is 13.2 Å². The number of rotatable bonds is 3. The van der Waals surface area contributed by atoms with Crippen molar-refractivity contribution in [3.8, 4) is 0 Å². The normalized spacial score (nSPS) is 35.0. The molecule has 1 aliphatic carbocycles. The maximum absolute atomic E-state index is 11.9. The Hall–Kier alpha value is -0.660. The van der Waals surface area contributed by atoms with Crippen LogP contribution in [-0.4, -0.2) is 38.8 Å². The van der Waals surface area contributed by atoms with Gasteiger partial charge >= 0.3 is 0 Å². The minimum atomic E-state index is -3.50. The second-order valence-electron chi connectivity index (χ2n) is 4.71. The van der Waals surface area contributed by atoms with Crippen LogP contribution in [0.5, 0.6) is 0 Å². The number of ether oxygens (including phenoxy) is 1. The molecule has 2 unspecified atom stereocenters. The van der Waals surface area contributed by atoms with E-state index in [-0.39, 0.29) is 13.2 Å². The summed E-state index contributed by atoms with van der Waals surface area (Å²) in [5.74, 6) is -0.551. The lowest BCUT2D eigenvalue weighted by molar-refractivity contribution is -0.128. The Kier molecular flexibility index (Phi) is 2.72. The number of hydrogen-bond acceptors (Lipinski definition) is 5. The van der Waals surface area contributed by atoms with Gasteiger partial charge in [-0.2, -0.15) is 0 Å². The van der Waals surface area contributed by atoms with Gasteiger partial charge < -0.3 is 10.5 Å². The summed E-state index contributed by atoms with van der Waals surface area (Å²) in [5.41, 5.74) is 4.80. The van der Waals surface area contributed by atoms with Gasteiger partial charge in [-0.25, -0.2) is 8.42 Å². The molecule has 2 aliphatic rings. The number of amides is 1. The number of carbonyl (C=O) groups is 1. The first-order valence-electron chi connectivity index (χ1n) is 5.25. The van der Waals surface area contributed by atoms with Gasteiger partial charge in [0, 0.05) is 6.04 Å². The second-order valence-corrected chi connectivity index (χ2v) is 6.68. The number of carbonyl (C=O) groups excluding carboxylic acids is 1. The highest BCUT2D eigenvalue weighted by Crippen LogP contribution is 2.31. The van der Waals surface area contributed by atoms with E-state index < -0.39 is 32.6 Å². The third-order valence-electron chi connectivity index (χ3n) is 3.23. The predicted molar refractivity (Wildman–Crippen MR) is 57.0 cm³/mol. The van der Waals surface area contributed by atoms with Crippen LogP contribution >= 0.6 is 0 Å². The molecule has 2 fully saturated rings. The molecular formula is C9H16N2O4S. The highest BCUT2D eigenvalue weighted by atomic mass is 32.2. The smallest absolute Gasteiger partial charge is 0.243 e. The fourth-order valence-corrected chi connectivity index (χ4v) is 3.05. The molecule has 1 saturated carbocycles. The molecule has 3 N–H and O–H groups in total. The van der Waals surface area contributed by atoms with E-state index in [0.29, 0.717) is 12.8 Å². The summed E-state index contributed by atoms with van der Waals surface area (Å²) in [5, 5.41) is -0.404. The van der Waals surface area contributed by atoms with Crippen molar-refractivity contribution in [1.29, 1.82) is 0 Å². The van der Waals surface area contributed by atoms with Crippen LogP contribution in [0.3, 0.4) is 0 Å². The van der Waals surface area contributed by atoms with Crippen LogP contribution in [0.1, 0.15) is 19.8 Å². The lowest BCUT2D eigenvalue weighted by atomic mass is 9.85. The fraction of sp³-hybridized carbons (Fsp3) is 0.889. The highest BCUT2D eigenvalue weighted by molar-refractivity contribution is 7.90. The lowest BCUT2D eigenvalue weighted by Gasteiger charge is -2.25. The molecule has 0 aromatic rings. The molecule has 2 rings (SSSR count). The first-order chi connectivity index (χ1) is 7.36. The lowest BCUT2D eigenvalue weighted by Crippen LogP contribution is -2.51. The zero-order valence-electron chi connectivity index (χ0n) is 9.10. The Morgan fingerprint density at radius 3 is 2.56 bits per heavy atom. The second kappa shape index (κ2) is 3.68. The summed E-state index contributed by atoms with van der Waals surface area (Å²) in [6.07, 6.45) is 1.25. The number of sulfonamides is 1. The van der Waals surface area contributed by atoms with E-state index in [0.717, 1.165) is 0 Å². The molecule has 0 radical (unpaired) electrons. The largest absolute Gasteiger partial charge is 0.379 e. The third-order valence-corrected chi connectivity index (χ3v) is 5.05. The van der Waals surface area contributed by atoms with Gasteiger partial charge in [-0.3, -0.25) is 9.52 Å². The molecule has 16 heavy (non-hydrogen) atoms. The van der Waals surface area contributed by atoms with Gasteiger partial charge in [-0.1, -0.05) is 0 Å². The van der Waals surface area contributed by atoms with Crippen LogP contribution in [0.25, 0.3) is 0 Å². The molecule has 0 aromatic carbocycles. The van der Waals surface area contributed by atoms with Gasteiger partial charge in [-0.15, -0.1) is 0 Å². The Labute approximate surface area is 94.6 Å². The van der Waals surface area contributed by atoms with Crippen molar-refractivity contribution in [2.24, 2.45) is 11.1 Å². The van der Waals surface area contributed by atoms with Gasteiger partial charge in [0.25, 0.3) is 0 Å². The van der Waals surface area contributed by atoms with Crippen LogP contribution in [-0.2, 0) is 19.6 Å². The van der Waals surface area contributed by atoms with E-state index in [2.05, 4.69) is 4.72 Å². The van der Waals surface area contributed by atoms with Crippen molar-refractivity contribution < 1.29 is 17.9 Å². The maximum Gasteiger partial charge on any atom is 0.243 e. The van der Waals surface area contributed by atoms with Crippen molar-refractivity contribution in [2.45, 2.75) is 31.1 Å². The number of nitrogens with one attached hydrogen (secondary N) is 1. The maximum atomic E-state index is 11.9. The Bertz CT molecular complexity index is 404.